The van der Waals surface area contributed by atoms with Crippen molar-refractivity contribution in [3.05, 3.63) is 6.61 Å². The van der Waals surface area contributed by atoms with Gasteiger partial charge in [0.25, 0.3) is 0 Å². The van der Waals surface area contributed by atoms with Gasteiger partial charge in [-0.25, -0.2) is 9.79 Å². The Hall–Kier alpha value is -1.15. The highest BCUT2D eigenvalue weighted by Gasteiger charge is 2.01. The van der Waals surface area contributed by atoms with Crippen LogP contribution in [0.1, 0.15) is 32.6 Å². The number of rotatable bonds is 7. The van der Waals surface area contributed by atoms with Crippen LogP contribution in [0.15, 0.2) is 4.99 Å². The molecule has 13 heavy (non-hydrogen) atoms. The van der Waals surface area contributed by atoms with E-state index in [9.17, 15) is 9.59 Å². The average molecular weight is 184 g/mol. The number of unbranched alkanes of at least 4 members (excludes halogenated alkanes) is 2. The minimum atomic E-state index is -0.269. The maximum absolute atomic E-state index is 10.9. The second-order valence-corrected chi connectivity index (χ2v) is 2.55. The van der Waals surface area contributed by atoms with E-state index >= 15 is 0 Å². The van der Waals surface area contributed by atoms with E-state index in [4.69, 9.17) is 0 Å². The molecule has 0 aromatic rings. The Morgan fingerprint density at radius 1 is 1.54 bits per heavy atom. The van der Waals surface area contributed by atoms with Gasteiger partial charge in [0, 0.05) is 6.42 Å². The zero-order valence-electron chi connectivity index (χ0n) is 7.78. The zero-order chi connectivity index (χ0) is 9.94. The molecule has 0 heterocycles. The molecular weight excluding hydrogens is 170 g/mol. The van der Waals surface area contributed by atoms with Crippen LogP contribution in [0.5, 0.6) is 0 Å². The van der Waals surface area contributed by atoms with Crippen molar-refractivity contribution in [1.29, 1.82) is 0 Å². The Balaban J connectivity index is 3.24. The van der Waals surface area contributed by atoms with Crippen LogP contribution in [-0.2, 0) is 14.3 Å². The molecule has 0 spiro atoms. The Kier molecular flexibility index (Phi) is 8.15. The van der Waals surface area contributed by atoms with Gasteiger partial charge in [0.05, 0.1) is 6.54 Å². The standard InChI is InChI=1S/C9H14NO3/c1-2-3-4-5-9(12)13-7-6-10-8-11/h7H,2-6H2,1H3. The van der Waals surface area contributed by atoms with Crippen LogP contribution >= 0.6 is 0 Å². The Bertz CT molecular complexity index is 185. The Labute approximate surface area is 78.0 Å². The predicted octanol–water partition coefficient (Wildman–Crippen LogP) is 1.61. The van der Waals surface area contributed by atoms with Crippen molar-refractivity contribution in [1.82, 2.24) is 0 Å². The van der Waals surface area contributed by atoms with Gasteiger partial charge >= 0.3 is 5.97 Å². The number of esters is 1. The van der Waals surface area contributed by atoms with E-state index in [0.717, 1.165) is 19.3 Å². The SMILES string of the molecule is CCCCCC(=O)O[CH]CN=C=O. The molecule has 0 aliphatic rings. The molecule has 0 aliphatic heterocycles. The Morgan fingerprint density at radius 3 is 2.92 bits per heavy atom. The fourth-order valence-corrected chi connectivity index (χ4v) is 0.783. The van der Waals surface area contributed by atoms with E-state index in [1.165, 1.54) is 12.7 Å². The smallest absolute Gasteiger partial charge is 0.306 e. The molecule has 0 bridgehead atoms. The molecule has 4 nitrogen and oxygen atoms in total. The molecule has 0 aliphatic carbocycles. The third kappa shape index (κ3) is 8.76. The van der Waals surface area contributed by atoms with Crippen LogP contribution in [0.4, 0.5) is 0 Å². The third-order valence-corrected chi connectivity index (χ3v) is 1.43. The van der Waals surface area contributed by atoms with Crippen molar-refractivity contribution in [2.45, 2.75) is 32.6 Å². The quantitative estimate of drug-likeness (QED) is 0.261. The summed E-state index contributed by atoms with van der Waals surface area (Å²) in [5.74, 6) is -0.269. The van der Waals surface area contributed by atoms with Crippen molar-refractivity contribution in [3.8, 4) is 0 Å². The topological polar surface area (TPSA) is 55.7 Å². The molecule has 4 heteroatoms. The molecule has 0 saturated heterocycles. The van der Waals surface area contributed by atoms with Gasteiger partial charge < -0.3 is 4.74 Å². The fraction of sp³-hybridized carbons (Fsp3) is 0.667. The summed E-state index contributed by atoms with van der Waals surface area (Å²) in [6.07, 6.45) is 4.72. The van der Waals surface area contributed by atoms with E-state index in [0.29, 0.717) is 6.42 Å². The van der Waals surface area contributed by atoms with Gasteiger partial charge in [-0.2, -0.15) is 0 Å². The molecule has 0 atom stereocenters. The van der Waals surface area contributed by atoms with E-state index in [1.807, 2.05) is 0 Å². The number of hydrogen-bond acceptors (Lipinski definition) is 4. The molecule has 0 fully saturated rings. The number of carbonyl (C=O) groups is 1. The molecule has 73 valence electrons. The number of hydrogen-bond donors (Lipinski definition) is 0. The zero-order valence-corrected chi connectivity index (χ0v) is 7.78. The summed E-state index contributed by atoms with van der Waals surface area (Å²) in [7, 11) is 0. The lowest BCUT2D eigenvalue weighted by Crippen LogP contribution is -2.03. The van der Waals surface area contributed by atoms with Gasteiger partial charge in [-0.3, -0.25) is 4.79 Å². The second-order valence-electron chi connectivity index (χ2n) is 2.55. The number of isocyanates is 1. The number of ether oxygens (including phenoxy) is 1. The second kappa shape index (κ2) is 8.94. The van der Waals surface area contributed by atoms with Gasteiger partial charge in [0.2, 0.25) is 6.08 Å². The van der Waals surface area contributed by atoms with Crippen molar-refractivity contribution >= 4 is 12.0 Å². The first-order valence-electron chi connectivity index (χ1n) is 4.36. The first-order chi connectivity index (χ1) is 6.31. The summed E-state index contributed by atoms with van der Waals surface area (Å²) >= 11 is 0. The highest BCUT2D eigenvalue weighted by molar-refractivity contribution is 5.69. The maximum atomic E-state index is 10.9. The first kappa shape index (κ1) is 11.8. The molecule has 0 rings (SSSR count). The summed E-state index contributed by atoms with van der Waals surface area (Å²) in [5, 5.41) is 0. The minimum absolute atomic E-state index is 0.0863. The van der Waals surface area contributed by atoms with Crippen LogP contribution < -0.4 is 0 Å². The molecule has 0 aromatic carbocycles. The summed E-state index contributed by atoms with van der Waals surface area (Å²) in [6, 6.07) is 0. The number of nitrogens with zero attached hydrogens (tertiary/aromatic N) is 1. The first-order valence-corrected chi connectivity index (χ1v) is 4.36. The van der Waals surface area contributed by atoms with E-state index in [-0.39, 0.29) is 12.5 Å². The number of carbonyl (C=O) groups excluding carboxylic acids is 2. The van der Waals surface area contributed by atoms with Crippen LogP contribution in [-0.4, -0.2) is 18.6 Å². The van der Waals surface area contributed by atoms with Crippen LogP contribution in [0.2, 0.25) is 0 Å². The van der Waals surface area contributed by atoms with Crippen LogP contribution in [0, 0.1) is 6.61 Å². The normalized spacial score (nSPS) is 9.00. The summed E-state index contributed by atoms with van der Waals surface area (Å²) in [5.41, 5.74) is 0. The lowest BCUT2D eigenvalue weighted by atomic mass is 10.2. The van der Waals surface area contributed by atoms with Gasteiger partial charge in [-0.05, 0) is 6.42 Å². The van der Waals surface area contributed by atoms with Crippen molar-refractivity contribution in [2.75, 3.05) is 6.54 Å². The van der Waals surface area contributed by atoms with E-state index < -0.39 is 0 Å². The lowest BCUT2D eigenvalue weighted by molar-refractivity contribution is -0.140. The average Bonchev–Trinajstić information content (AvgIpc) is 2.13. The Morgan fingerprint density at radius 2 is 2.31 bits per heavy atom. The molecule has 0 amide bonds. The van der Waals surface area contributed by atoms with Gasteiger partial charge in [0.1, 0.15) is 0 Å². The predicted molar refractivity (Wildman–Crippen MR) is 47.5 cm³/mol. The molecule has 0 aromatic heterocycles. The molecule has 0 N–H and O–H groups in total. The summed E-state index contributed by atoms with van der Waals surface area (Å²) in [4.78, 5) is 23.7. The largest absolute Gasteiger partial charge is 0.456 e. The van der Waals surface area contributed by atoms with Crippen molar-refractivity contribution in [3.63, 3.8) is 0 Å². The van der Waals surface area contributed by atoms with Crippen LogP contribution in [0.25, 0.3) is 0 Å². The molecule has 0 unspecified atom stereocenters. The minimum Gasteiger partial charge on any atom is -0.456 e. The highest BCUT2D eigenvalue weighted by Crippen LogP contribution is 2.00. The lowest BCUT2D eigenvalue weighted by Gasteiger charge is -2.00. The van der Waals surface area contributed by atoms with E-state index in [2.05, 4.69) is 16.7 Å². The molecule has 0 saturated carbocycles. The van der Waals surface area contributed by atoms with Crippen molar-refractivity contribution in [2.24, 2.45) is 4.99 Å². The summed E-state index contributed by atoms with van der Waals surface area (Å²) < 4.78 is 4.65. The van der Waals surface area contributed by atoms with Gasteiger partial charge in [-0.1, -0.05) is 19.8 Å². The maximum Gasteiger partial charge on any atom is 0.306 e. The van der Waals surface area contributed by atoms with Gasteiger partial charge in [0.15, 0.2) is 6.61 Å². The monoisotopic (exact) mass is 184 g/mol. The molecular formula is C9H14NO3. The fourth-order valence-electron chi connectivity index (χ4n) is 0.783. The van der Waals surface area contributed by atoms with Crippen molar-refractivity contribution < 1.29 is 14.3 Å². The van der Waals surface area contributed by atoms with E-state index in [1.54, 1.807) is 0 Å². The third-order valence-electron chi connectivity index (χ3n) is 1.43. The van der Waals surface area contributed by atoms with Crippen LogP contribution in [0.3, 0.4) is 0 Å². The number of aliphatic imine (C=N–C) groups is 1. The van der Waals surface area contributed by atoms with Gasteiger partial charge in [-0.15, -0.1) is 0 Å². The highest BCUT2D eigenvalue weighted by atomic mass is 16.5. The molecule has 1 radical (unpaired) electrons. The summed E-state index contributed by atoms with van der Waals surface area (Å²) in [6.45, 7) is 3.36.